The number of methoxy groups -OCH3 is 1. The van der Waals surface area contributed by atoms with Gasteiger partial charge in [-0.05, 0) is 65.8 Å². The number of hydrogen-bond acceptors (Lipinski definition) is 3. The number of aromatic nitrogens is 2. The van der Waals surface area contributed by atoms with E-state index in [2.05, 4.69) is 57.5 Å². The molecule has 0 saturated carbocycles. The lowest BCUT2D eigenvalue weighted by molar-refractivity contribution is 0.286. The lowest BCUT2D eigenvalue weighted by atomic mass is 9.90. The van der Waals surface area contributed by atoms with E-state index >= 15 is 0 Å². The minimum atomic E-state index is -0.363. The predicted molar refractivity (Wildman–Crippen MR) is 138 cm³/mol. The van der Waals surface area contributed by atoms with Crippen molar-refractivity contribution < 1.29 is 9.13 Å². The van der Waals surface area contributed by atoms with Crippen LogP contribution >= 0.6 is 0 Å². The van der Waals surface area contributed by atoms with Gasteiger partial charge in [-0.1, -0.05) is 36.4 Å². The summed E-state index contributed by atoms with van der Waals surface area (Å²) in [7, 11) is 1.50. The number of fused-ring (bicyclic) bond motifs is 1. The van der Waals surface area contributed by atoms with Crippen LogP contribution in [0.3, 0.4) is 0 Å². The fourth-order valence-electron chi connectivity index (χ4n) is 5.67. The Kier molecular flexibility index (Phi) is 5.71. The smallest absolute Gasteiger partial charge is 0.165 e. The Morgan fingerprint density at radius 1 is 1.03 bits per heavy atom. The normalized spacial score (nSPS) is 19.9. The van der Waals surface area contributed by atoms with Gasteiger partial charge in [-0.15, -0.1) is 0 Å². The average Bonchev–Trinajstić information content (AvgIpc) is 3.54. The third kappa shape index (κ3) is 4.06. The first-order valence-corrected chi connectivity index (χ1v) is 12.2. The third-order valence-electron chi connectivity index (χ3n) is 7.42. The van der Waals surface area contributed by atoms with Crippen molar-refractivity contribution in [2.45, 2.75) is 24.8 Å². The minimum Gasteiger partial charge on any atom is -0.494 e. The van der Waals surface area contributed by atoms with E-state index in [1.54, 1.807) is 12.1 Å². The number of nitrogens with zero attached hydrogens (tertiary/aromatic N) is 2. The molecule has 2 aromatic heterocycles. The van der Waals surface area contributed by atoms with E-state index in [0.717, 1.165) is 48.3 Å². The maximum atomic E-state index is 14.1. The summed E-state index contributed by atoms with van der Waals surface area (Å²) >= 11 is 0. The minimum absolute atomic E-state index is 0.241. The SMILES string of the molecule is COc1cc(-c2[nH]cc(C3=C[C@@H]4C[C@@H](c5ccccc5)CN4CC3)c2-c2ccncc2)ccc1F. The quantitative estimate of drug-likeness (QED) is 0.364. The number of pyridine rings is 1. The molecule has 0 aliphatic carbocycles. The first-order chi connectivity index (χ1) is 17.2. The summed E-state index contributed by atoms with van der Waals surface area (Å²) in [5, 5.41) is 0. The van der Waals surface area contributed by atoms with Crippen molar-refractivity contribution in [1.29, 1.82) is 0 Å². The second-order valence-corrected chi connectivity index (χ2v) is 9.39. The number of ether oxygens (including phenoxy) is 1. The summed E-state index contributed by atoms with van der Waals surface area (Å²) < 4.78 is 19.4. The molecule has 1 N–H and O–H groups in total. The maximum Gasteiger partial charge on any atom is 0.165 e. The molecule has 4 heterocycles. The fraction of sp³-hybridized carbons (Fsp3) is 0.233. The van der Waals surface area contributed by atoms with Gasteiger partial charge in [0.2, 0.25) is 0 Å². The maximum absolute atomic E-state index is 14.1. The molecule has 0 unspecified atom stereocenters. The van der Waals surface area contributed by atoms with Crippen LogP contribution in [0.1, 0.15) is 29.9 Å². The van der Waals surface area contributed by atoms with E-state index < -0.39 is 0 Å². The van der Waals surface area contributed by atoms with E-state index in [4.69, 9.17) is 4.74 Å². The van der Waals surface area contributed by atoms with Crippen LogP contribution < -0.4 is 4.74 Å². The fourth-order valence-corrected chi connectivity index (χ4v) is 5.67. The molecule has 2 aliphatic heterocycles. The Bertz CT molecular complexity index is 1360. The van der Waals surface area contributed by atoms with Crippen LogP contribution in [0.15, 0.2) is 85.3 Å². The molecular formula is C30H28FN3O. The van der Waals surface area contributed by atoms with Crippen molar-refractivity contribution in [1.82, 2.24) is 14.9 Å². The van der Waals surface area contributed by atoms with Gasteiger partial charge >= 0.3 is 0 Å². The van der Waals surface area contributed by atoms with E-state index in [-0.39, 0.29) is 11.6 Å². The van der Waals surface area contributed by atoms with Gasteiger partial charge < -0.3 is 9.72 Å². The van der Waals surface area contributed by atoms with Crippen LogP contribution in [-0.2, 0) is 0 Å². The topological polar surface area (TPSA) is 41.1 Å². The second kappa shape index (κ2) is 9.16. The van der Waals surface area contributed by atoms with Crippen molar-refractivity contribution in [2.24, 2.45) is 0 Å². The highest BCUT2D eigenvalue weighted by molar-refractivity contribution is 5.91. The van der Waals surface area contributed by atoms with Crippen LogP contribution in [0.5, 0.6) is 5.75 Å². The Balaban J connectivity index is 1.40. The van der Waals surface area contributed by atoms with E-state index in [9.17, 15) is 4.39 Å². The molecule has 0 radical (unpaired) electrons. The molecule has 1 fully saturated rings. The van der Waals surface area contributed by atoms with Gasteiger partial charge in [-0.25, -0.2) is 4.39 Å². The van der Waals surface area contributed by atoms with E-state index in [1.807, 2.05) is 24.5 Å². The average molecular weight is 466 g/mol. The zero-order valence-corrected chi connectivity index (χ0v) is 19.7. The lowest BCUT2D eigenvalue weighted by Crippen LogP contribution is -2.32. The van der Waals surface area contributed by atoms with Crippen molar-refractivity contribution in [3.63, 3.8) is 0 Å². The van der Waals surface area contributed by atoms with Gasteiger partial charge in [-0.3, -0.25) is 9.88 Å². The lowest BCUT2D eigenvalue weighted by Gasteiger charge is -2.28. The summed E-state index contributed by atoms with van der Waals surface area (Å²) in [6, 6.07) is 20.4. The van der Waals surface area contributed by atoms with Crippen LogP contribution in [0.25, 0.3) is 28.0 Å². The van der Waals surface area contributed by atoms with Gasteiger partial charge in [0.25, 0.3) is 0 Å². The molecule has 4 aromatic rings. The number of nitrogens with one attached hydrogen (secondary N) is 1. The van der Waals surface area contributed by atoms with E-state index in [0.29, 0.717) is 12.0 Å². The zero-order valence-electron chi connectivity index (χ0n) is 19.7. The summed E-state index contributed by atoms with van der Waals surface area (Å²) in [4.78, 5) is 10.3. The molecule has 1 saturated heterocycles. The summed E-state index contributed by atoms with van der Waals surface area (Å²) in [6.07, 6.45) is 10.4. The zero-order chi connectivity index (χ0) is 23.8. The molecular weight excluding hydrogens is 437 g/mol. The van der Waals surface area contributed by atoms with E-state index in [1.165, 1.54) is 29.9 Å². The molecule has 0 spiro atoms. The highest BCUT2D eigenvalue weighted by Gasteiger charge is 2.34. The largest absolute Gasteiger partial charge is 0.494 e. The molecule has 0 amide bonds. The number of H-pyrrole nitrogens is 1. The second-order valence-electron chi connectivity index (χ2n) is 9.39. The molecule has 35 heavy (non-hydrogen) atoms. The molecule has 2 aromatic carbocycles. The summed E-state index contributed by atoms with van der Waals surface area (Å²) in [5.41, 5.74) is 8.07. The predicted octanol–water partition coefficient (Wildman–Crippen LogP) is 6.54. The first kappa shape index (κ1) is 21.8. The highest BCUT2D eigenvalue weighted by atomic mass is 19.1. The molecule has 0 bridgehead atoms. The number of aromatic amines is 1. The summed E-state index contributed by atoms with van der Waals surface area (Å²) in [6.45, 7) is 2.17. The third-order valence-corrected chi connectivity index (χ3v) is 7.42. The van der Waals surface area contributed by atoms with Crippen LogP contribution in [0, 0.1) is 5.82 Å². The van der Waals surface area contributed by atoms with Gasteiger partial charge in [-0.2, -0.15) is 0 Å². The van der Waals surface area contributed by atoms with Crippen LogP contribution in [0.4, 0.5) is 4.39 Å². The number of benzene rings is 2. The Hall–Kier alpha value is -3.70. The van der Waals surface area contributed by atoms with Crippen molar-refractivity contribution in [2.75, 3.05) is 20.2 Å². The van der Waals surface area contributed by atoms with Gasteiger partial charge in [0, 0.05) is 54.4 Å². The number of hydrogen-bond donors (Lipinski definition) is 1. The van der Waals surface area contributed by atoms with Crippen molar-refractivity contribution >= 4 is 5.57 Å². The molecule has 4 nitrogen and oxygen atoms in total. The Morgan fingerprint density at radius 3 is 2.66 bits per heavy atom. The number of halogens is 1. The monoisotopic (exact) mass is 465 g/mol. The standard InChI is InChI=1S/C30H28FN3O/c1-35-28-17-23(7-8-27(28)31)30-29(21-9-12-32-13-10-21)26(18-33-30)22-11-14-34-19-24(16-25(34)15-22)20-5-3-2-4-6-20/h2-10,12-13,15,17-18,24-25,33H,11,14,16,19H2,1H3/t24-,25-/m1/s1. The Morgan fingerprint density at radius 2 is 1.86 bits per heavy atom. The van der Waals surface area contributed by atoms with Crippen molar-refractivity contribution in [3.05, 3.63) is 102 Å². The van der Waals surface area contributed by atoms with Gasteiger partial charge in [0.1, 0.15) is 0 Å². The highest BCUT2D eigenvalue weighted by Crippen LogP contribution is 2.43. The van der Waals surface area contributed by atoms with Gasteiger partial charge in [0.05, 0.1) is 12.8 Å². The number of rotatable bonds is 5. The molecule has 2 atom stereocenters. The molecule has 6 rings (SSSR count). The summed E-state index contributed by atoms with van der Waals surface area (Å²) in [5.74, 6) is 0.451. The Labute approximate surface area is 205 Å². The van der Waals surface area contributed by atoms with Crippen LogP contribution in [0.2, 0.25) is 0 Å². The first-order valence-electron chi connectivity index (χ1n) is 12.2. The molecule has 2 aliphatic rings. The molecule has 176 valence electrons. The van der Waals surface area contributed by atoms with Crippen molar-refractivity contribution in [3.8, 4) is 28.1 Å². The van der Waals surface area contributed by atoms with Gasteiger partial charge in [0.15, 0.2) is 11.6 Å². The van der Waals surface area contributed by atoms with Crippen LogP contribution in [-0.4, -0.2) is 41.1 Å². The molecule has 5 heteroatoms.